The van der Waals surface area contributed by atoms with E-state index in [1.54, 1.807) is 10.4 Å². The van der Waals surface area contributed by atoms with Crippen LogP contribution in [-0.2, 0) is 16.6 Å². The van der Waals surface area contributed by atoms with Gasteiger partial charge >= 0.3 is 0 Å². The van der Waals surface area contributed by atoms with E-state index in [2.05, 4.69) is 6.92 Å². The van der Waals surface area contributed by atoms with Crippen LogP contribution in [0.15, 0.2) is 23.1 Å². The van der Waals surface area contributed by atoms with E-state index < -0.39 is 10.0 Å². The first-order valence-corrected chi connectivity index (χ1v) is 9.39. The standard InChI is InChI=1S/C14H22N2O2S2/c1-3-13-10-16(6-7-19-13)20(17,18)14-8-12(9-15)5-4-11(14)2/h4-5,8,13H,3,6-7,9-10,15H2,1-2H3. The maximum atomic E-state index is 12.8. The molecule has 0 aromatic heterocycles. The topological polar surface area (TPSA) is 63.4 Å². The van der Waals surface area contributed by atoms with Crippen LogP contribution in [0.3, 0.4) is 0 Å². The average molecular weight is 314 g/mol. The molecule has 1 aromatic rings. The van der Waals surface area contributed by atoms with Crippen LogP contribution in [-0.4, -0.2) is 36.8 Å². The van der Waals surface area contributed by atoms with Gasteiger partial charge in [-0.3, -0.25) is 0 Å². The molecule has 112 valence electrons. The van der Waals surface area contributed by atoms with Crippen molar-refractivity contribution in [2.45, 2.75) is 37.0 Å². The van der Waals surface area contributed by atoms with Gasteiger partial charge in [-0.2, -0.15) is 16.1 Å². The summed E-state index contributed by atoms with van der Waals surface area (Å²) in [6.45, 7) is 5.50. The van der Waals surface area contributed by atoms with E-state index in [0.717, 1.165) is 23.3 Å². The lowest BCUT2D eigenvalue weighted by Gasteiger charge is -2.31. The van der Waals surface area contributed by atoms with Crippen LogP contribution >= 0.6 is 11.8 Å². The summed E-state index contributed by atoms with van der Waals surface area (Å²) in [6.07, 6.45) is 0.999. The molecule has 0 amide bonds. The Morgan fingerprint density at radius 2 is 2.20 bits per heavy atom. The molecule has 2 rings (SSSR count). The molecule has 1 unspecified atom stereocenters. The van der Waals surface area contributed by atoms with Gasteiger partial charge in [0.15, 0.2) is 0 Å². The van der Waals surface area contributed by atoms with E-state index in [1.165, 1.54) is 0 Å². The Morgan fingerprint density at radius 3 is 2.85 bits per heavy atom. The van der Waals surface area contributed by atoms with Crippen molar-refractivity contribution in [2.75, 3.05) is 18.8 Å². The molecule has 0 spiro atoms. The minimum atomic E-state index is -3.40. The summed E-state index contributed by atoms with van der Waals surface area (Å²) < 4.78 is 27.3. The monoisotopic (exact) mass is 314 g/mol. The smallest absolute Gasteiger partial charge is 0.243 e. The van der Waals surface area contributed by atoms with Crippen molar-refractivity contribution in [3.05, 3.63) is 29.3 Å². The number of thioether (sulfide) groups is 1. The summed E-state index contributed by atoms with van der Waals surface area (Å²) in [5.41, 5.74) is 7.26. The van der Waals surface area contributed by atoms with Crippen LogP contribution in [0.4, 0.5) is 0 Å². The molecule has 1 aliphatic heterocycles. The summed E-state index contributed by atoms with van der Waals surface area (Å²) in [7, 11) is -3.40. The lowest BCUT2D eigenvalue weighted by Crippen LogP contribution is -2.41. The lowest BCUT2D eigenvalue weighted by molar-refractivity contribution is 0.415. The van der Waals surface area contributed by atoms with Gasteiger partial charge in [-0.1, -0.05) is 19.1 Å². The largest absolute Gasteiger partial charge is 0.326 e. The van der Waals surface area contributed by atoms with Crippen molar-refractivity contribution in [2.24, 2.45) is 5.73 Å². The Balaban J connectivity index is 2.34. The van der Waals surface area contributed by atoms with Crippen LogP contribution in [0, 0.1) is 6.92 Å². The zero-order valence-electron chi connectivity index (χ0n) is 12.0. The minimum Gasteiger partial charge on any atom is -0.326 e. The van der Waals surface area contributed by atoms with Crippen molar-refractivity contribution >= 4 is 21.8 Å². The summed E-state index contributed by atoms with van der Waals surface area (Å²) in [5, 5.41) is 0.400. The van der Waals surface area contributed by atoms with Crippen molar-refractivity contribution in [1.82, 2.24) is 4.31 Å². The number of hydrogen-bond donors (Lipinski definition) is 1. The highest BCUT2D eigenvalue weighted by atomic mass is 32.2. The summed E-state index contributed by atoms with van der Waals surface area (Å²) in [4.78, 5) is 0.405. The third kappa shape index (κ3) is 3.19. The molecule has 6 heteroatoms. The first-order chi connectivity index (χ1) is 9.48. The normalized spacial score (nSPS) is 21.1. The summed E-state index contributed by atoms with van der Waals surface area (Å²) in [5.74, 6) is 0.868. The van der Waals surface area contributed by atoms with Crippen molar-refractivity contribution < 1.29 is 8.42 Å². The fourth-order valence-electron chi connectivity index (χ4n) is 2.35. The second-order valence-electron chi connectivity index (χ2n) is 5.07. The van der Waals surface area contributed by atoms with Crippen molar-refractivity contribution in [3.63, 3.8) is 0 Å². The predicted molar refractivity (Wildman–Crippen MR) is 84.4 cm³/mol. The predicted octanol–water partition coefficient (Wildman–Crippen LogP) is 1.97. The quantitative estimate of drug-likeness (QED) is 0.923. The first kappa shape index (κ1) is 15.8. The molecule has 1 fully saturated rings. The van der Waals surface area contributed by atoms with Gasteiger partial charge in [-0.25, -0.2) is 8.42 Å². The summed E-state index contributed by atoms with van der Waals surface area (Å²) in [6, 6.07) is 5.44. The molecule has 4 nitrogen and oxygen atoms in total. The Labute approximate surface area is 125 Å². The number of hydrogen-bond acceptors (Lipinski definition) is 4. The van der Waals surface area contributed by atoms with Gasteiger partial charge in [0, 0.05) is 30.6 Å². The first-order valence-electron chi connectivity index (χ1n) is 6.90. The highest BCUT2D eigenvalue weighted by Gasteiger charge is 2.30. The molecule has 1 aromatic carbocycles. The van der Waals surface area contributed by atoms with Crippen LogP contribution in [0.5, 0.6) is 0 Å². The van der Waals surface area contributed by atoms with Crippen LogP contribution in [0.1, 0.15) is 24.5 Å². The van der Waals surface area contributed by atoms with Gasteiger partial charge in [0.25, 0.3) is 0 Å². The number of aryl methyl sites for hydroxylation is 1. The van der Waals surface area contributed by atoms with E-state index in [0.29, 0.717) is 29.8 Å². The van der Waals surface area contributed by atoms with Gasteiger partial charge in [0.1, 0.15) is 0 Å². The zero-order valence-corrected chi connectivity index (χ0v) is 13.6. The third-order valence-electron chi connectivity index (χ3n) is 3.66. The van der Waals surface area contributed by atoms with Gasteiger partial charge in [-0.05, 0) is 30.5 Å². The van der Waals surface area contributed by atoms with Gasteiger partial charge < -0.3 is 5.73 Å². The molecule has 1 heterocycles. The van der Waals surface area contributed by atoms with Crippen molar-refractivity contribution in [1.29, 1.82) is 0 Å². The minimum absolute atomic E-state index is 0.357. The number of benzene rings is 1. The molecule has 0 radical (unpaired) electrons. The van der Waals surface area contributed by atoms with Crippen LogP contribution in [0.25, 0.3) is 0 Å². The molecule has 0 bridgehead atoms. The second kappa shape index (κ2) is 6.47. The number of sulfonamides is 1. The Kier molecular flexibility index (Phi) is 5.12. The lowest BCUT2D eigenvalue weighted by atomic mass is 10.1. The molecule has 0 aliphatic carbocycles. The van der Waals surface area contributed by atoms with Gasteiger partial charge in [0.05, 0.1) is 4.90 Å². The maximum absolute atomic E-state index is 12.8. The highest BCUT2D eigenvalue weighted by Crippen LogP contribution is 2.28. The zero-order chi connectivity index (χ0) is 14.8. The fraction of sp³-hybridized carbons (Fsp3) is 0.571. The Hall–Kier alpha value is -0.560. The number of nitrogens with two attached hydrogens (primary N) is 1. The fourth-order valence-corrected chi connectivity index (χ4v) is 5.50. The molecule has 1 atom stereocenters. The molecule has 1 aliphatic rings. The molecule has 20 heavy (non-hydrogen) atoms. The van der Waals surface area contributed by atoms with E-state index >= 15 is 0 Å². The third-order valence-corrected chi connectivity index (χ3v) is 7.04. The number of nitrogens with zero attached hydrogens (tertiary/aromatic N) is 1. The molecular formula is C14H22N2O2S2. The SMILES string of the molecule is CCC1CN(S(=O)(=O)c2cc(CN)ccc2C)CCS1. The highest BCUT2D eigenvalue weighted by molar-refractivity contribution is 8.00. The van der Waals surface area contributed by atoms with E-state index in [9.17, 15) is 8.42 Å². The molecule has 1 saturated heterocycles. The van der Waals surface area contributed by atoms with Gasteiger partial charge in [-0.15, -0.1) is 0 Å². The van der Waals surface area contributed by atoms with Gasteiger partial charge in [0.2, 0.25) is 10.0 Å². The van der Waals surface area contributed by atoms with E-state index in [-0.39, 0.29) is 0 Å². The van der Waals surface area contributed by atoms with E-state index in [1.807, 2.05) is 30.8 Å². The maximum Gasteiger partial charge on any atom is 0.243 e. The Bertz CT molecular complexity index is 573. The molecule has 2 N–H and O–H groups in total. The molecular weight excluding hydrogens is 292 g/mol. The number of rotatable bonds is 4. The second-order valence-corrected chi connectivity index (χ2v) is 8.38. The summed E-state index contributed by atoms with van der Waals surface area (Å²) >= 11 is 1.86. The average Bonchev–Trinajstić information content (AvgIpc) is 2.47. The van der Waals surface area contributed by atoms with Crippen LogP contribution in [0.2, 0.25) is 0 Å². The Morgan fingerprint density at radius 1 is 1.45 bits per heavy atom. The van der Waals surface area contributed by atoms with Crippen LogP contribution < -0.4 is 5.73 Å². The molecule has 0 saturated carbocycles. The van der Waals surface area contributed by atoms with Crippen molar-refractivity contribution in [3.8, 4) is 0 Å². The van der Waals surface area contributed by atoms with E-state index in [4.69, 9.17) is 5.73 Å².